The highest BCUT2D eigenvalue weighted by Gasteiger charge is 2.12. The van der Waals surface area contributed by atoms with Crippen LogP contribution in [0.5, 0.6) is 0 Å². The normalized spacial score (nSPS) is 10.6. The first-order valence-corrected chi connectivity index (χ1v) is 6.90. The summed E-state index contributed by atoms with van der Waals surface area (Å²) in [5.41, 5.74) is 0.459. The molecule has 0 amide bonds. The van der Waals surface area contributed by atoms with Gasteiger partial charge in [0.05, 0.1) is 17.0 Å². The summed E-state index contributed by atoms with van der Waals surface area (Å²) in [7, 11) is 1.83. The summed E-state index contributed by atoms with van der Waals surface area (Å²) in [5.74, 6) is 0.266. The quantitative estimate of drug-likeness (QED) is 0.638. The monoisotopic (exact) mass is 300 g/mol. The third kappa shape index (κ3) is 3.28. The van der Waals surface area contributed by atoms with E-state index in [9.17, 15) is 4.79 Å². The second-order valence-electron chi connectivity index (χ2n) is 3.69. The zero-order chi connectivity index (χ0) is 13.1. The molecule has 0 aliphatic rings. The molecule has 3 nitrogen and oxygen atoms in total. The minimum atomic E-state index is -0.0450. The number of hydrogen-bond acceptors (Lipinski definition) is 3. The average Bonchev–Trinajstić information content (AvgIpc) is 2.75. The Morgan fingerprint density at radius 3 is 2.89 bits per heavy atom. The molecule has 0 unspecified atom stereocenters. The molecule has 94 valence electrons. The third-order valence-electron chi connectivity index (χ3n) is 2.28. The molecule has 1 aromatic heterocycles. The van der Waals surface area contributed by atoms with E-state index in [0.717, 1.165) is 4.90 Å². The molecule has 0 bridgehead atoms. The first-order valence-electron chi connectivity index (χ1n) is 5.16. The molecule has 2 rings (SSSR count). The zero-order valence-electron chi connectivity index (χ0n) is 9.56. The zero-order valence-corrected chi connectivity index (χ0v) is 11.9. The van der Waals surface area contributed by atoms with Crippen LogP contribution in [-0.4, -0.2) is 21.3 Å². The van der Waals surface area contributed by atoms with Gasteiger partial charge in [-0.05, 0) is 18.2 Å². The molecule has 0 aliphatic carbocycles. The summed E-state index contributed by atoms with van der Waals surface area (Å²) in [6.45, 7) is 0. The van der Waals surface area contributed by atoms with Crippen LogP contribution in [0, 0.1) is 0 Å². The van der Waals surface area contributed by atoms with Crippen LogP contribution in [0.3, 0.4) is 0 Å². The molecule has 18 heavy (non-hydrogen) atoms. The van der Waals surface area contributed by atoms with Crippen molar-refractivity contribution in [1.82, 2.24) is 9.78 Å². The highest BCUT2D eigenvalue weighted by atomic mass is 35.5. The molecule has 1 aromatic carbocycles. The summed E-state index contributed by atoms with van der Waals surface area (Å²) in [6.07, 6.45) is 3.58. The van der Waals surface area contributed by atoms with Gasteiger partial charge in [0.15, 0.2) is 5.78 Å². The second kappa shape index (κ2) is 5.78. The van der Waals surface area contributed by atoms with Gasteiger partial charge in [0, 0.05) is 28.7 Å². The van der Waals surface area contributed by atoms with E-state index in [2.05, 4.69) is 5.10 Å². The summed E-state index contributed by atoms with van der Waals surface area (Å²) in [4.78, 5) is 13.0. The number of Topliss-reactive ketones (excluding diaryl/α,β-unsaturated/α-hetero) is 1. The van der Waals surface area contributed by atoms with E-state index in [0.29, 0.717) is 21.4 Å². The highest BCUT2D eigenvalue weighted by molar-refractivity contribution is 8.00. The van der Waals surface area contributed by atoms with E-state index < -0.39 is 0 Å². The van der Waals surface area contributed by atoms with Crippen LogP contribution in [0.1, 0.15) is 10.4 Å². The SMILES string of the molecule is Cn1cc(SCC(=O)c2cc(Cl)ccc2Cl)cn1. The number of hydrogen-bond donors (Lipinski definition) is 0. The Bertz CT molecular complexity index is 583. The molecule has 1 heterocycles. The summed E-state index contributed by atoms with van der Waals surface area (Å²) < 4.78 is 1.69. The van der Waals surface area contributed by atoms with E-state index >= 15 is 0 Å². The lowest BCUT2D eigenvalue weighted by atomic mass is 10.1. The van der Waals surface area contributed by atoms with Crippen molar-refractivity contribution in [2.45, 2.75) is 4.90 Å². The Morgan fingerprint density at radius 2 is 2.22 bits per heavy atom. The molecule has 0 radical (unpaired) electrons. The van der Waals surface area contributed by atoms with E-state index in [1.54, 1.807) is 29.1 Å². The van der Waals surface area contributed by atoms with E-state index in [-0.39, 0.29) is 5.78 Å². The van der Waals surface area contributed by atoms with Crippen molar-refractivity contribution in [2.24, 2.45) is 7.05 Å². The first-order chi connectivity index (χ1) is 8.56. The standard InChI is InChI=1S/C12H10Cl2N2OS/c1-16-6-9(5-15-16)18-7-12(17)10-4-8(13)2-3-11(10)14/h2-6H,7H2,1H3. The molecular formula is C12H10Cl2N2OS. The second-order valence-corrected chi connectivity index (χ2v) is 5.58. The first kappa shape index (κ1) is 13.5. The van der Waals surface area contributed by atoms with Gasteiger partial charge in [-0.15, -0.1) is 11.8 Å². The molecule has 6 heteroatoms. The fourth-order valence-electron chi connectivity index (χ4n) is 1.41. The third-order valence-corrected chi connectivity index (χ3v) is 3.80. The predicted molar refractivity (Wildman–Crippen MR) is 74.7 cm³/mol. The van der Waals surface area contributed by atoms with Crippen LogP contribution < -0.4 is 0 Å². The number of benzene rings is 1. The van der Waals surface area contributed by atoms with Crippen molar-refractivity contribution in [1.29, 1.82) is 0 Å². The Balaban J connectivity index is 2.05. The van der Waals surface area contributed by atoms with Crippen LogP contribution in [-0.2, 0) is 7.05 Å². The number of aryl methyl sites for hydroxylation is 1. The number of carbonyl (C=O) groups is 1. The van der Waals surface area contributed by atoms with Gasteiger partial charge in [0.2, 0.25) is 0 Å². The van der Waals surface area contributed by atoms with Gasteiger partial charge in [-0.1, -0.05) is 23.2 Å². The van der Waals surface area contributed by atoms with Crippen molar-refractivity contribution in [2.75, 3.05) is 5.75 Å². The van der Waals surface area contributed by atoms with Gasteiger partial charge in [-0.25, -0.2) is 0 Å². The Morgan fingerprint density at radius 1 is 1.44 bits per heavy atom. The van der Waals surface area contributed by atoms with Gasteiger partial charge in [0.1, 0.15) is 0 Å². The molecule has 2 aromatic rings. The summed E-state index contributed by atoms with van der Waals surface area (Å²) in [5, 5.41) is 4.97. The largest absolute Gasteiger partial charge is 0.293 e. The minimum Gasteiger partial charge on any atom is -0.293 e. The van der Waals surface area contributed by atoms with Crippen LogP contribution >= 0.6 is 35.0 Å². The van der Waals surface area contributed by atoms with E-state index in [4.69, 9.17) is 23.2 Å². The minimum absolute atomic E-state index is 0.0450. The van der Waals surface area contributed by atoms with Gasteiger partial charge in [-0.3, -0.25) is 9.48 Å². The Kier molecular flexibility index (Phi) is 4.32. The molecule has 0 N–H and O–H groups in total. The number of aromatic nitrogens is 2. The summed E-state index contributed by atoms with van der Waals surface area (Å²) >= 11 is 13.2. The van der Waals surface area contributed by atoms with Crippen LogP contribution in [0.4, 0.5) is 0 Å². The predicted octanol–water partition coefficient (Wildman–Crippen LogP) is 3.70. The molecule has 0 saturated carbocycles. The fourth-order valence-corrected chi connectivity index (χ4v) is 2.61. The smallest absolute Gasteiger partial charge is 0.174 e. The lowest BCUT2D eigenvalue weighted by Crippen LogP contribution is -2.03. The number of carbonyl (C=O) groups excluding carboxylic acids is 1. The molecule has 0 atom stereocenters. The molecule has 0 spiro atoms. The fraction of sp³-hybridized carbons (Fsp3) is 0.167. The van der Waals surface area contributed by atoms with Gasteiger partial charge in [-0.2, -0.15) is 5.10 Å². The molecule has 0 aliphatic heterocycles. The van der Waals surface area contributed by atoms with E-state index in [1.807, 2.05) is 13.2 Å². The summed E-state index contributed by atoms with van der Waals surface area (Å²) in [6, 6.07) is 4.89. The average molecular weight is 301 g/mol. The van der Waals surface area contributed by atoms with Crippen molar-refractivity contribution in [3.05, 3.63) is 46.2 Å². The number of nitrogens with zero attached hydrogens (tertiary/aromatic N) is 2. The van der Waals surface area contributed by atoms with Crippen molar-refractivity contribution >= 4 is 40.7 Å². The number of thioether (sulfide) groups is 1. The van der Waals surface area contributed by atoms with Crippen molar-refractivity contribution in [3.63, 3.8) is 0 Å². The molecular weight excluding hydrogens is 291 g/mol. The van der Waals surface area contributed by atoms with Crippen LogP contribution in [0.2, 0.25) is 10.0 Å². The lowest BCUT2D eigenvalue weighted by molar-refractivity contribution is 0.102. The van der Waals surface area contributed by atoms with Crippen LogP contribution in [0.15, 0.2) is 35.5 Å². The maximum atomic E-state index is 12.0. The molecule has 0 saturated heterocycles. The highest BCUT2D eigenvalue weighted by Crippen LogP contribution is 2.24. The Labute approximate surface area is 119 Å². The lowest BCUT2D eigenvalue weighted by Gasteiger charge is -2.03. The van der Waals surface area contributed by atoms with Crippen molar-refractivity contribution in [3.8, 4) is 0 Å². The number of rotatable bonds is 4. The van der Waals surface area contributed by atoms with E-state index in [1.165, 1.54) is 11.8 Å². The maximum absolute atomic E-state index is 12.0. The van der Waals surface area contributed by atoms with Crippen LogP contribution in [0.25, 0.3) is 0 Å². The maximum Gasteiger partial charge on any atom is 0.174 e. The van der Waals surface area contributed by atoms with Gasteiger partial charge < -0.3 is 0 Å². The number of halogens is 2. The number of ketones is 1. The van der Waals surface area contributed by atoms with Gasteiger partial charge in [0.25, 0.3) is 0 Å². The topological polar surface area (TPSA) is 34.9 Å². The van der Waals surface area contributed by atoms with Gasteiger partial charge >= 0.3 is 0 Å². The van der Waals surface area contributed by atoms with Crippen molar-refractivity contribution < 1.29 is 4.79 Å². The molecule has 0 fully saturated rings. The Hall–Kier alpha value is -0.970.